The van der Waals surface area contributed by atoms with Gasteiger partial charge >= 0.3 is 5.97 Å². The van der Waals surface area contributed by atoms with Crippen LogP contribution in [0.25, 0.3) is 0 Å². The van der Waals surface area contributed by atoms with Crippen LogP contribution in [0.15, 0.2) is 41.8 Å². The van der Waals surface area contributed by atoms with E-state index in [-0.39, 0.29) is 23.8 Å². The molecule has 1 amide bonds. The van der Waals surface area contributed by atoms with Gasteiger partial charge < -0.3 is 15.2 Å². The highest BCUT2D eigenvalue weighted by Gasteiger charge is 2.30. The van der Waals surface area contributed by atoms with Crippen LogP contribution in [0, 0.1) is 11.8 Å². The lowest BCUT2D eigenvalue weighted by atomic mass is 9.86. The van der Waals surface area contributed by atoms with Gasteiger partial charge in [0.1, 0.15) is 0 Å². The number of hydrogen-bond donors (Lipinski definition) is 2. The Balaban J connectivity index is 1.72. The van der Waals surface area contributed by atoms with E-state index < -0.39 is 17.8 Å². The molecule has 7 heteroatoms. The molecule has 1 aliphatic rings. The quantitative estimate of drug-likeness (QED) is 0.713. The van der Waals surface area contributed by atoms with Gasteiger partial charge in [-0.05, 0) is 36.3 Å². The number of hydrogen-bond acceptors (Lipinski definition) is 5. The fourth-order valence-corrected chi connectivity index (χ4v) is 3.97. The van der Waals surface area contributed by atoms with Crippen molar-refractivity contribution < 1.29 is 24.2 Å². The summed E-state index contributed by atoms with van der Waals surface area (Å²) in [6.07, 6.45) is 1.33. The maximum absolute atomic E-state index is 12.7. The van der Waals surface area contributed by atoms with Crippen LogP contribution in [-0.4, -0.2) is 42.5 Å². The summed E-state index contributed by atoms with van der Waals surface area (Å²) in [5.41, 5.74) is 0.572. The Morgan fingerprint density at radius 1 is 1.11 bits per heavy atom. The second kappa shape index (κ2) is 8.92. The minimum atomic E-state index is -0.926. The second-order valence-corrected chi connectivity index (χ2v) is 7.40. The van der Waals surface area contributed by atoms with Gasteiger partial charge in [0.25, 0.3) is 5.91 Å². The van der Waals surface area contributed by atoms with Crippen LogP contribution in [0.4, 0.5) is 0 Å². The molecule has 0 saturated carbocycles. The molecule has 2 N–H and O–H groups in total. The lowest BCUT2D eigenvalue weighted by molar-refractivity contribution is -0.144. The Hall–Kier alpha value is -2.51. The largest absolute Gasteiger partial charge is 0.481 e. The summed E-state index contributed by atoms with van der Waals surface area (Å²) in [6, 6.07) is 10.1. The smallest absolute Gasteiger partial charge is 0.308 e. The maximum atomic E-state index is 12.7. The van der Waals surface area contributed by atoms with E-state index in [1.807, 2.05) is 0 Å². The third-order valence-electron chi connectivity index (χ3n) is 4.80. The van der Waals surface area contributed by atoms with Crippen LogP contribution >= 0.6 is 11.3 Å². The average molecular weight is 387 g/mol. The number of amides is 1. The maximum Gasteiger partial charge on any atom is 0.308 e. The molecular weight excluding hydrogens is 366 g/mol. The van der Waals surface area contributed by atoms with Crippen molar-refractivity contribution >= 4 is 29.0 Å². The first-order chi connectivity index (χ1) is 13.1. The lowest BCUT2D eigenvalue weighted by Crippen LogP contribution is -2.39. The molecule has 1 aromatic heterocycles. The number of ketones is 1. The van der Waals surface area contributed by atoms with Gasteiger partial charge in [-0.3, -0.25) is 14.4 Å². The van der Waals surface area contributed by atoms with Gasteiger partial charge in [-0.15, -0.1) is 11.3 Å². The number of rotatable bonds is 7. The molecule has 1 atom stereocenters. The van der Waals surface area contributed by atoms with Gasteiger partial charge in [-0.25, -0.2) is 0 Å². The van der Waals surface area contributed by atoms with Gasteiger partial charge in [0, 0.05) is 25.3 Å². The van der Waals surface area contributed by atoms with E-state index in [1.165, 1.54) is 11.3 Å². The summed E-state index contributed by atoms with van der Waals surface area (Å²) >= 11 is 1.32. The molecule has 0 spiro atoms. The Labute approximate surface area is 161 Å². The highest BCUT2D eigenvalue weighted by molar-refractivity contribution is 7.12. The standard InChI is InChI=1S/C20H21NO5S/c22-18(17-6-3-11-27-17)14-4-1-2-5-15(14)19(23)21-12-16(20(24)25)13-7-9-26-10-8-13/h1-6,11,13,16H,7-10,12H2,(H,21,23)(H,24,25). The number of carboxylic acids is 1. The predicted molar refractivity (Wildman–Crippen MR) is 101 cm³/mol. The van der Waals surface area contributed by atoms with Gasteiger partial charge in [-0.1, -0.05) is 24.3 Å². The zero-order valence-electron chi connectivity index (χ0n) is 14.7. The van der Waals surface area contributed by atoms with Crippen molar-refractivity contribution in [3.8, 4) is 0 Å². The van der Waals surface area contributed by atoms with E-state index in [4.69, 9.17) is 4.74 Å². The fourth-order valence-electron chi connectivity index (χ4n) is 3.29. The van der Waals surface area contributed by atoms with E-state index >= 15 is 0 Å². The SMILES string of the molecule is O=C(NCC(C(=O)O)C1CCOCC1)c1ccccc1C(=O)c1cccs1. The number of carbonyl (C=O) groups excluding carboxylic acids is 2. The predicted octanol–water partition coefficient (Wildman–Crippen LogP) is 2.84. The van der Waals surface area contributed by atoms with Crippen molar-refractivity contribution in [3.05, 3.63) is 57.8 Å². The molecule has 0 radical (unpaired) electrons. The number of thiophene rings is 1. The van der Waals surface area contributed by atoms with Crippen molar-refractivity contribution in [2.75, 3.05) is 19.8 Å². The molecule has 0 aliphatic carbocycles. The summed E-state index contributed by atoms with van der Waals surface area (Å²) in [7, 11) is 0. The summed E-state index contributed by atoms with van der Waals surface area (Å²) in [6.45, 7) is 1.11. The van der Waals surface area contributed by atoms with Crippen LogP contribution in [0.3, 0.4) is 0 Å². The minimum Gasteiger partial charge on any atom is -0.481 e. The topological polar surface area (TPSA) is 92.7 Å². The molecule has 2 aromatic rings. The molecule has 27 heavy (non-hydrogen) atoms. The molecule has 1 saturated heterocycles. The van der Waals surface area contributed by atoms with Crippen molar-refractivity contribution in [2.45, 2.75) is 12.8 Å². The first-order valence-electron chi connectivity index (χ1n) is 8.84. The second-order valence-electron chi connectivity index (χ2n) is 6.46. The van der Waals surface area contributed by atoms with Crippen molar-refractivity contribution in [3.63, 3.8) is 0 Å². The van der Waals surface area contributed by atoms with Gasteiger partial charge in [0.05, 0.1) is 16.4 Å². The van der Waals surface area contributed by atoms with Gasteiger partial charge in [0.2, 0.25) is 5.78 Å². The minimum absolute atomic E-state index is 0.0281. The van der Waals surface area contributed by atoms with Gasteiger partial charge in [-0.2, -0.15) is 0 Å². The number of carbonyl (C=O) groups is 3. The zero-order chi connectivity index (χ0) is 19.2. The Kier molecular flexibility index (Phi) is 6.36. The monoisotopic (exact) mass is 387 g/mol. The fraction of sp³-hybridized carbons (Fsp3) is 0.350. The molecular formula is C20H21NO5S. The molecule has 1 fully saturated rings. The highest BCUT2D eigenvalue weighted by Crippen LogP contribution is 2.24. The molecule has 6 nitrogen and oxygen atoms in total. The summed E-state index contributed by atoms with van der Waals surface area (Å²) in [5.74, 6) is -2.27. The summed E-state index contributed by atoms with van der Waals surface area (Å²) in [5, 5.41) is 14.0. The molecule has 142 valence electrons. The van der Waals surface area contributed by atoms with Crippen LogP contribution in [0.2, 0.25) is 0 Å². The van der Waals surface area contributed by atoms with Crippen molar-refractivity contribution in [1.29, 1.82) is 0 Å². The molecule has 2 heterocycles. The Bertz CT molecular complexity index is 812. The zero-order valence-corrected chi connectivity index (χ0v) is 15.5. The number of nitrogens with one attached hydrogen (secondary N) is 1. The number of aliphatic carboxylic acids is 1. The third-order valence-corrected chi connectivity index (χ3v) is 5.66. The number of carboxylic acid groups (broad SMARTS) is 1. The molecule has 3 rings (SSSR count). The van der Waals surface area contributed by atoms with Crippen LogP contribution < -0.4 is 5.32 Å². The van der Waals surface area contributed by atoms with Crippen LogP contribution in [0.1, 0.15) is 38.4 Å². The Morgan fingerprint density at radius 3 is 2.44 bits per heavy atom. The number of benzene rings is 1. The van der Waals surface area contributed by atoms with Crippen molar-refractivity contribution in [2.24, 2.45) is 11.8 Å². The first kappa shape index (κ1) is 19.3. The summed E-state index contributed by atoms with van der Waals surface area (Å²) < 4.78 is 5.29. The van der Waals surface area contributed by atoms with E-state index in [0.29, 0.717) is 36.5 Å². The van der Waals surface area contributed by atoms with E-state index in [2.05, 4.69) is 5.32 Å². The normalized spacial score (nSPS) is 15.9. The molecule has 0 bridgehead atoms. The highest BCUT2D eigenvalue weighted by atomic mass is 32.1. The number of ether oxygens (including phenoxy) is 1. The lowest BCUT2D eigenvalue weighted by Gasteiger charge is -2.27. The molecule has 1 aromatic carbocycles. The third kappa shape index (κ3) is 4.61. The summed E-state index contributed by atoms with van der Waals surface area (Å²) in [4.78, 5) is 37.5. The molecule has 1 unspecified atom stereocenters. The van der Waals surface area contributed by atoms with Crippen LogP contribution in [-0.2, 0) is 9.53 Å². The first-order valence-corrected chi connectivity index (χ1v) is 9.72. The van der Waals surface area contributed by atoms with Crippen LogP contribution in [0.5, 0.6) is 0 Å². The average Bonchev–Trinajstić information content (AvgIpc) is 3.23. The van der Waals surface area contributed by atoms with E-state index in [9.17, 15) is 19.5 Å². The van der Waals surface area contributed by atoms with Gasteiger partial charge in [0.15, 0.2) is 0 Å². The van der Waals surface area contributed by atoms with E-state index in [0.717, 1.165) is 0 Å². The molecule has 1 aliphatic heterocycles. The van der Waals surface area contributed by atoms with Crippen molar-refractivity contribution in [1.82, 2.24) is 5.32 Å². The van der Waals surface area contributed by atoms with E-state index in [1.54, 1.807) is 41.8 Å². The Morgan fingerprint density at radius 2 is 1.81 bits per heavy atom.